The Kier molecular flexibility index (Phi) is 5.12. The molecule has 2 aromatic rings. The number of aromatic nitrogens is 2. The Labute approximate surface area is 145 Å². The molecule has 1 fully saturated rings. The fourth-order valence-electron chi connectivity index (χ4n) is 2.44. The summed E-state index contributed by atoms with van der Waals surface area (Å²) >= 11 is 5.83. The van der Waals surface area contributed by atoms with Gasteiger partial charge in [-0.1, -0.05) is 11.6 Å². The van der Waals surface area contributed by atoms with Gasteiger partial charge in [-0.2, -0.15) is 0 Å². The zero-order chi connectivity index (χ0) is 16.9. The van der Waals surface area contributed by atoms with Crippen molar-refractivity contribution in [2.45, 2.75) is 0 Å². The predicted molar refractivity (Wildman–Crippen MR) is 95.8 cm³/mol. The van der Waals surface area contributed by atoms with Crippen molar-refractivity contribution in [1.82, 2.24) is 14.9 Å². The minimum Gasteiger partial charge on any atom is -0.354 e. The Hall–Kier alpha value is -2.38. The van der Waals surface area contributed by atoms with Crippen LogP contribution >= 0.6 is 11.6 Å². The number of likely N-dealkylation sites (N-methyl/N-ethyl adjacent to an activating group) is 1. The molecule has 0 unspecified atom stereocenters. The van der Waals surface area contributed by atoms with E-state index in [4.69, 9.17) is 11.6 Å². The van der Waals surface area contributed by atoms with Crippen molar-refractivity contribution < 1.29 is 4.79 Å². The Balaban J connectivity index is 1.61. The first-order valence-corrected chi connectivity index (χ1v) is 8.07. The molecule has 1 aliphatic heterocycles. The van der Waals surface area contributed by atoms with Crippen LogP contribution < -0.4 is 15.5 Å². The number of carbonyl (C=O) groups excluding carboxylic acids is 1. The van der Waals surface area contributed by atoms with Crippen LogP contribution in [0.25, 0.3) is 0 Å². The van der Waals surface area contributed by atoms with E-state index in [1.54, 1.807) is 30.3 Å². The van der Waals surface area contributed by atoms with Gasteiger partial charge >= 0.3 is 6.03 Å². The molecule has 0 aliphatic carbocycles. The average molecular weight is 347 g/mol. The van der Waals surface area contributed by atoms with Gasteiger partial charge in [-0.25, -0.2) is 14.8 Å². The maximum Gasteiger partial charge on any atom is 0.324 e. The first-order valence-electron chi connectivity index (χ1n) is 7.69. The largest absolute Gasteiger partial charge is 0.354 e. The molecule has 3 rings (SSSR count). The fraction of sp³-hybridized carbons (Fsp3) is 0.312. The van der Waals surface area contributed by atoms with Crippen molar-refractivity contribution in [3.05, 3.63) is 41.7 Å². The van der Waals surface area contributed by atoms with Gasteiger partial charge in [0.05, 0.1) is 0 Å². The molecule has 0 radical (unpaired) electrons. The third-order valence-electron chi connectivity index (χ3n) is 3.82. The lowest BCUT2D eigenvalue weighted by Crippen LogP contribution is -2.44. The van der Waals surface area contributed by atoms with Crippen molar-refractivity contribution >= 4 is 35.0 Å². The summed E-state index contributed by atoms with van der Waals surface area (Å²) in [6.07, 6.45) is 1.46. The molecule has 1 saturated heterocycles. The first kappa shape index (κ1) is 16.5. The van der Waals surface area contributed by atoms with E-state index < -0.39 is 0 Å². The Morgan fingerprint density at radius 2 is 1.79 bits per heavy atom. The molecule has 8 heteroatoms. The van der Waals surface area contributed by atoms with E-state index in [1.165, 1.54) is 6.33 Å². The van der Waals surface area contributed by atoms with Crippen molar-refractivity contribution in [2.75, 3.05) is 48.8 Å². The normalized spacial score (nSPS) is 15.2. The van der Waals surface area contributed by atoms with E-state index in [0.717, 1.165) is 32.0 Å². The third kappa shape index (κ3) is 4.33. The summed E-state index contributed by atoms with van der Waals surface area (Å²) in [4.78, 5) is 24.9. The molecule has 0 saturated carbocycles. The summed E-state index contributed by atoms with van der Waals surface area (Å²) < 4.78 is 0. The standard InChI is InChI=1S/C16H19ClN6O/c1-22-6-8-23(9-7-22)15-10-14(18-11-19-15)21-16(24)20-13-4-2-12(17)3-5-13/h2-5,10-11H,6-9H2,1H3,(H2,18,19,20,21,24). The summed E-state index contributed by atoms with van der Waals surface area (Å²) in [6, 6.07) is 8.32. The van der Waals surface area contributed by atoms with Crippen molar-refractivity contribution in [3.63, 3.8) is 0 Å². The molecular formula is C16H19ClN6O. The molecule has 7 nitrogen and oxygen atoms in total. The van der Waals surface area contributed by atoms with Crippen LogP contribution in [0.3, 0.4) is 0 Å². The van der Waals surface area contributed by atoms with Gasteiger partial charge in [-0.3, -0.25) is 5.32 Å². The van der Waals surface area contributed by atoms with E-state index in [1.807, 2.05) is 0 Å². The number of nitrogens with one attached hydrogen (secondary N) is 2. The molecule has 0 spiro atoms. The molecular weight excluding hydrogens is 328 g/mol. The third-order valence-corrected chi connectivity index (χ3v) is 4.08. The Morgan fingerprint density at radius 3 is 2.50 bits per heavy atom. The van der Waals surface area contributed by atoms with Gasteiger partial charge in [0.25, 0.3) is 0 Å². The van der Waals surface area contributed by atoms with E-state index in [-0.39, 0.29) is 6.03 Å². The zero-order valence-electron chi connectivity index (χ0n) is 13.4. The van der Waals surface area contributed by atoms with Crippen LogP contribution in [0.2, 0.25) is 5.02 Å². The maximum absolute atomic E-state index is 12.1. The highest BCUT2D eigenvalue weighted by Gasteiger charge is 2.16. The van der Waals surface area contributed by atoms with Gasteiger partial charge in [0.1, 0.15) is 18.0 Å². The summed E-state index contributed by atoms with van der Waals surface area (Å²) in [5, 5.41) is 6.07. The van der Waals surface area contributed by atoms with Crippen LogP contribution in [0.4, 0.5) is 22.1 Å². The number of hydrogen-bond acceptors (Lipinski definition) is 5. The van der Waals surface area contributed by atoms with Gasteiger partial charge in [-0.15, -0.1) is 0 Å². The van der Waals surface area contributed by atoms with Crippen LogP contribution in [0.15, 0.2) is 36.7 Å². The van der Waals surface area contributed by atoms with Gasteiger partial charge in [0.2, 0.25) is 0 Å². The number of halogens is 1. The van der Waals surface area contributed by atoms with E-state index >= 15 is 0 Å². The summed E-state index contributed by atoms with van der Waals surface area (Å²) in [5.74, 6) is 1.28. The SMILES string of the molecule is CN1CCN(c2cc(NC(=O)Nc3ccc(Cl)cc3)ncn2)CC1. The second kappa shape index (κ2) is 7.46. The molecule has 2 N–H and O–H groups in total. The van der Waals surface area contributed by atoms with Gasteiger partial charge in [0, 0.05) is 43.0 Å². The maximum atomic E-state index is 12.1. The minimum absolute atomic E-state index is 0.361. The van der Waals surface area contributed by atoms with Crippen molar-refractivity contribution in [1.29, 1.82) is 0 Å². The highest BCUT2D eigenvalue weighted by atomic mass is 35.5. The number of carbonyl (C=O) groups is 1. The molecule has 0 atom stereocenters. The summed E-state index contributed by atoms with van der Waals surface area (Å²) in [6.45, 7) is 3.79. The Morgan fingerprint density at radius 1 is 1.08 bits per heavy atom. The highest BCUT2D eigenvalue weighted by molar-refractivity contribution is 6.30. The number of amides is 2. The molecule has 24 heavy (non-hydrogen) atoms. The number of piperazine rings is 1. The average Bonchev–Trinajstić information content (AvgIpc) is 2.58. The number of nitrogens with zero attached hydrogens (tertiary/aromatic N) is 4. The monoisotopic (exact) mass is 346 g/mol. The second-order valence-electron chi connectivity index (χ2n) is 5.64. The zero-order valence-corrected chi connectivity index (χ0v) is 14.1. The number of rotatable bonds is 3. The quantitative estimate of drug-likeness (QED) is 0.893. The predicted octanol–water partition coefficient (Wildman–Crippen LogP) is 2.53. The summed E-state index contributed by atoms with van der Waals surface area (Å²) in [7, 11) is 2.10. The molecule has 0 bridgehead atoms. The van der Waals surface area contributed by atoms with Crippen LogP contribution in [0.1, 0.15) is 0 Å². The molecule has 1 aliphatic rings. The van der Waals surface area contributed by atoms with Crippen LogP contribution in [0.5, 0.6) is 0 Å². The lowest BCUT2D eigenvalue weighted by molar-refractivity contribution is 0.262. The first-order chi connectivity index (χ1) is 11.6. The lowest BCUT2D eigenvalue weighted by Gasteiger charge is -2.33. The fourth-order valence-corrected chi connectivity index (χ4v) is 2.56. The second-order valence-corrected chi connectivity index (χ2v) is 6.07. The van der Waals surface area contributed by atoms with Gasteiger partial charge < -0.3 is 15.1 Å². The van der Waals surface area contributed by atoms with Crippen LogP contribution in [0, 0.1) is 0 Å². The van der Waals surface area contributed by atoms with Crippen molar-refractivity contribution in [2.24, 2.45) is 0 Å². The number of urea groups is 1. The van der Waals surface area contributed by atoms with Gasteiger partial charge in [0.15, 0.2) is 0 Å². The van der Waals surface area contributed by atoms with Crippen molar-refractivity contribution in [3.8, 4) is 0 Å². The molecule has 1 aromatic heterocycles. The van der Waals surface area contributed by atoms with Crippen LogP contribution in [-0.4, -0.2) is 54.1 Å². The number of anilines is 3. The van der Waals surface area contributed by atoms with Crippen LogP contribution in [-0.2, 0) is 0 Å². The smallest absolute Gasteiger partial charge is 0.324 e. The topological polar surface area (TPSA) is 73.4 Å². The van der Waals surface area contributed by atoms with E-state index in [0.29, 0.717) is 16.5 Å². The number of benzene rings is 1. The molecule has 2 amide bonds. The molecule has 126 valence electrons. The number of hydrogen-bond donors (Lipinski definition) is 2. The lowest BCUT2D eigenvalue weighted by atomic mass is 10.3. The molecule has 2 heterocycles. The Bertz CT molecular complexity index is 700. The van der Waals surface area contributed by atoms with E-state index in [9.17, 15) is 4.79 Å². The van der Waals surface area contributed by atoms with E-state index in [2.05, 4.69) is 37.4 Å². The molecule has 1 aromatic carbocycles. The van der Waals surface area contributed by atoms with Gasteiger partial charge in [-0.05, 0) is 31.3 Å². The summed E-state index contributed by atoms with van der Waals surface area (Å²) in [5.41, 5.74) is 0.658. The highest BCUT2D eigenvalue weighted by Crippen LogP contribution is 2.17. The minimum atomic E-state index is -0.361.